The summed E-state index contributed by atoms with van der Waals surface area (Å²) in [4.78, 5) is 8.51. The summed E-state index contributed by atoms with van der Waals surface area (Å²) < 4.78 is 6.12. The van der Waals surface area contributed by atoms with Crippen LogP contribution in [0.2, 0.25) is 0 Å². The molecule has 98 valence electrons. The lowest BCUT2D eigenvalue weighted by Gasteiger charge is -2.08. The van der Waals surface area contributed by atoms with E-state index >= 15 is 0 Å². The number of nitrogens with two attached hydrogens (primary N) is 1. The molecule has 7 heteroatoms. The number of pyridine rings is 1. The Labute approximate surface area is 112 Å². The zero-order valence-corrected chi connectivity index (χ0v) is 11.0. The summed E-state index contributed by atoms with van der Waals surface area (Å²) >= 11 is 1.60. The highest BCUT2D eigenvalue weighted by molar-refractivity contribution is 7.17. The minimum atomic E-state index is -0.744. The van der Waals surface area contributed by atoms with Crippen LogP contribution in [0.3, 0.4) is 0 Å². The molecule has 2 atom stereocenters. The van der Waals surface area contributed by atoms with E-state index in [9.17, 15) is 5.11 Å². The summed E-state index contributed by atoms with van der Waals surface area (Å²) in [5.41, 5.74) is 7.45. The number of rotatable bonds is 3. The lowest BCUT2D eigenvalue weighted by molar-refractivity contribution is 0.146. The molecular weight excluding hydrogens is 264 g/mol. The molecule has 3 aromatic heterocycles. The van der Waals surface area contributed by atoms with Crippen molar-refractivity contribution >= 4 is 21.6 Å². The average molecular weight is 276 g/mol. The highest BCUT2D eigenvalue weighted by atomic mass is 32.1. The summed E-state index contributed by atoms with van der Waals surface area (Å²) in [6.07, 6.45) is 0.948. The molecule has 0 fully saturated rings. The minimum absolute atomic E-state index is 0.219. The van der Waals surface area contributed by atoms with Crippen LogP contribution in [0.15, 0.2) is 28.2 Å². The number of thiophene rings is 1. The van der Waals surface area contributed by atoms with Crippen molar-refractivity contribution < 1.29 is 9.63 Å². The van der Waals surface area contributed by atoms with E-state index in [1.54, 1.807) is 24.5 Å². The summed E-state index contributed by atoms with van der Waals surface area (Å²) in [5, 5.41) is 15.3. The summed E-state index contributed by atoms with van der Waals surface area (Å²) in [6, 6.07) is 3.23. The van der Waals surface area contributed by atoms with Gasteiger partial charge in [0.2, 0.25) is 11.7 Å². The molecule has 0 aromatic carbocycles. The van der Waals surface area contributed by atoms with Crippen LogP contribution >= 0.6 is 11.3 Å². The summed E-state index contributed by atoms with van der Waals surface area (Å²) in [6.45, 7) is 1.58. The first kappa shape index (κ1) is 12.2. The van der Waals surface area contributed by atoms with Crippen molar-refractivity contribution in [2.45, 2.75) is 19.1 Å². The van der Waals surface area contributed by atoms with Crippen molar-refractivity contribution in [1.29, 1.82) is 0 Å². The van der Waals surface area contributed by atoms with Gasteiger partial charge in [-0.2, -0.15) is 4.98 Å². The minimum Gasteiger partial charge on any atom is -0.391 e. The van der Waals surface area contributed by atoms with Gasteiger partial charge >= 0.3 is 0 Å². The second kappa shape index (κ2) is 4.69. The van der Waals surface area contributed by atoms with Gasteiger partial charge in [0.25, 0.3) is 0 Å². The Morgan fingerprint density at radius 1 is 1.47 bits per heavy atom. The molecule has 3 rings (SSSR count). The van der Waals surface area contributed by atoms with Crippen LogP contribution in [-0.4, -0.2) is 26.3 Å². The maximum atomic E-state index is 9.40. The van der Waals surface area contributed by atoms with E-state index in [1.807, 2.05) is 17.5 Å². The van der Waals surface area contributed by atoms with Crippen molar-refractivity contribution in [1.82, 2.24) is 15.1 Å². The van der Waals surface area contributed by atoms with E-state index < -0.39 is 12.1 Å². The van der Waals surface area contributed by atoms with Crippen molar-refractivity contribution in [3.63, 3.8) is 0 Å². The van der Waals surface area contributed by atoms with Gasteiger partial charge in [-0.3, -0.25) is 4.98 Å². The van der Waals surface area contributed by atoms with Gasteiger partial charge in [-0.15, -0.1) is 11.3 Å². The molecule has 3 N–H and O–H groups in total. The number of aromatic nitrogens is 3. The Morgan fingerprint density at radius 2 is 2.32 bits per heavy atom. The maximum absolute atomic E-state index is 9.40. The first-order valence-corrected chi connectivity index (χ1v) is 6.64. The lowest BCUT2D eigenvalue weighted by Crippen LogP contribution is -2.23. The smallest absolute Gasteiger partial charge is 0.246 e. The molecule has 0 aliphatic rings. The van der Waals surface area contributed by atoms with E-state index in [1.165, 1.54) is 0 Å². The van der Waals surface area contributed by atoms with Crippen LogP contribution in [0.5, 0.6) is 0 Å². The molecule has 2 unspecified atom stereocenters. The molecule has 0 saturated heterocycles. The molecule has 19 heavy (non-hydrogen) atoms. The number of aliphatic hydroxyl groups is 1. The van der Waals surface area contributed by atoms with Gasteiger partial charge in [0.1, 0.15) is 6.04 Å². The first-order valence-electron chi connectivity index (χ1n) is 5.76. The predicted molar refractivity (Wildman–Crippen MR) is 71.5 cm³/mol. The highest BCUT2D eigenvalue weighted by Crippen LogP contribution is 2.25. The van der Waals surface area contributed by atoms with Gasteiger partial charge in [0.15, 0.2) is 0 Å². The van der Waals surface area contributed by atoms with E-state index in [2.05, 4.69) is 15.1 Å². The summed E-state index contributed by atoms with van der Waals surface area (Å²) in [7, 11) is 0. The van der Waals surface area contributed by atoms with E-state index in [0.717, 1.165) is 15.8 Å². The Morgan fingerprint density at radius 3 is 3.11 bits per heavy atom. The van der Waals surface area contributed by atoms with Gasteiger partial charge in [0.05, 0.1) is 16.3 Å². The van der Waals surface area contributed by atoms with Crippen LogP contribution in [0.1, 0.15) is 18.9 Å². The van der Waals surface area contributed by atoms with Crippen LogP contribution in [0.4, 0.5) is 0 Å². The van der Waals surface area contributed by atoms with Crippen LogP contribution in [0.25, 0.3) is 21.6 Å². The molecule has 0 spiro atoms. The maximum Gasteiger partial charge on any atom is 0.246 e. The van der Waals surface area contributed by atoms with E-state index in [4.69, 9.17) is 10.3 Å². The third-order valence-corrected chi connectivity index (χ3v) is 3.66. The zero-order chi connectivity index (χ0) is 13.4. The number of fused-ring (bicyclic) bond motifs is 1. The molecule has 0 aliphatic carbocycles. The average Bonchev–Trinajstić information content (AvgIpc) is 3.05. The summed E-state index contributed by atoms with van der Waals surface area (Å²) in [5.74, 6) is 0.644. The molecule has 3 heterocycles. The Bertz CT molecular complexity index is 706. The highest BCUT2D eigenvalue weighted by Gasteiger charge is 2.20. The van der Waals surface area contributed by atoms with E-state index in [-0.39, 0.29) is 5.89 Å². The Balaban J connectivity index is 1.97. The van der Waals surface area contributed by atoms with Crippen molar-refractivity contribution in [3.05, 3.63) is 29.6 Å². The second-order valence-corrected chi connectivity index (χ2v) is 5.20. The number of hydrogen-bond donors (Lipinski definition) is 2. The second-order valence-electron chi connectivity index (χ2n) is 4.25. The molecule has 0 bridgehead atoms. The zero-order valence-electron chi connectivity index (χ0n) is 10.1. The van der Waals surface area contributed by atoms with Crippen LogP contribution in [-0.2, 0) is 0 Å². The van der Waals surface area contributed by atoms with Gasteiger partial charge < -0.3 is 15.4 Å². The third-order valence-electron chi connectivity index (χ3n) is 2.81. The van der Waals surface area contributed by atoms with Gasteiger partial charge in [0, 0.05) is 11.8 Å². The predicted octanol–water partition coefficient (Wildman–Crippen LogP) is 1.73. The SMILES string of the molecule is CC(O)C(N)c1nc(-c2cnc3ccsc3c2)no1. The fraction of sp³-hybridized carbons (Fsp3) is 0.250. The molecule has 6 nitrogen and oxygen atoms in total. The van der Waals surface area contributed by atoms with Gasteiger partial charge in [-0.1, -0.05) is 5.16 Å². The monoisotopic (exact) mass is 276 g/mol. The topological polar surface area (TPSA) is 98.1 Å². The van der Waals surface area contributed by atoms with Crippen LogP contribution in [0, 0.1) is 0 Å². The number of nitrogens with zero attached hydrogens (tertiary/aromatic N) is 3. The van der Waals surface area contributed by atoms with E-state index in [0.29, 0.717) is 5.82 Å². The standard InChI is InChI=1S/C12H12N4O2S/c1-6(17)10(13)12-15-11(16-18-12)7-4-9-8(14-5-7)2-3-19-9/h2-6,10,17H,13H2,1H3. The normalized spacial score (nSPS) is 14.7. The number of hydrogen-bond acceptors (Lipinski definition) is 7. The quantitative estimate of drug-likeness (QED) is 0.756. The molecule has 3 aromatic rings. The third kappa shape index (κ3) is 2.23. The van der Waals surface area contributed by atoms with Crippen molar-refractivity contribution in [2.75, 3.05) is 0 Å². The molecular formula is C12H12N4O2S. The fourth-order valence-corrected chi connectivity index (χ4v) is 2.44. The van der Waals surface area contributed by atoms with Crippen molar-refractivity contribution in [3.8, 4) is 11.4 Å². The number of aliphatic hydroxyl groups excluding tert-OH is 1. The van der Waals surface area contributed by atoms with Crippen molar-refractivity contribution in [2.24, 2.45) is 5.73 Å². The first-order chi connectivity index (χ1) is 9.15. The molecule has 0 amide bonds. The Hall–Kier alpha value is -1.83. The Kier molecular flexibility index (Phi) is 3.02. The molecule has 0 aliphatic heterocycles. The molecule has 0 saturated carbocycles. The van der Waals surface area contributed by atoms with Gasteiger partial charge in [-0.25, -0.2) is 0 Å². The van der Waals surface area contributed by atoms with Gasteiger partial charge in [-0.05, 0) is 24.4 Å². The van der Waals surface area contributed by atoms with Crippen LogP contribution < -0.4 is 5.73 Å². The molecule has 0 radical (unpaired) electrons. The largest absolute Gasteiger partial charge is 0.391 e. The fourth-order valence-electron chi connectivity index (χ4n) is 1.66. The lowest BCUT2D eigenvalue weighted by atomic mass is 10.2.